The predicted molar refractivity (Wildman–Crippen MR) is 429 cm³/mol. The lowest BCUT2D eigenvalue weighted by molar-refractivity contribution is 0.979. The maximum atomic E-state index is 5.68. The van der Waals surface area contributed by atoms with Gasteiger partial charge in [0.15, 0.2) is 0 Å². The number of fused-ring (bicyclic) bond motifs is 22. The van der Waals surface area contributed by atoms with Crippen LogP contribution in [0.1, 0.15) is 0 Å². The van der Waals surface area contributed by atoms with E-state index >= 15 is 0 Å². The summed E-state index contributed by atoms with van der Waals surface area (Å²) in [5.74, 6) is 1.59. The van der Waals surface area contributed by atoms with Gasteiger partial charge >= 0.3 is 0 Å². The van der Waals surface area contributed by atoms with Gasteiger partial charge in [0.05, 0.1) is 77.2 Å². The Kier molecular flexibility index (Phi) is 11.8. The molecule has 15 aromatic carbocycles. The fourth-order valence-corrected chi connectivity index (χ4v) is 17.0. The van der Waals surface area contributed by atoms with Crippen molar-refractivity contribution in [1.29, 1.82) is 0 Å². The van der Waals surface area contributed by atoms with E-state index in [2.05, 4.69) is 361 Å². The molecule has 0 bridgehead atoms. The number of hydrogen-bond donors (Lipinski definition) is 0. The molecule has 0 unspecified atom stereocenters. The molecule has 0 amide bonds. The van der Waals surface area contributed by atoms with E-state index in [1.54, 1.807) is 0 Å². The molecule has 104 heavy (non-hydrogen) atoms. The first-order valence-corrected chi connectivity index (χ1v) is 35.3. The van der Waals surface area contributed by atoms with E-state index in [-0.39, 0.29) is 0 Å². The number of hydrogen-bond acceptors (Lipinski definition) is 4. The lowest BCUT2D eigenvalue weighted by atomic mass is 10.0. The van der Waals surface area contributed by atoms with Crippen LogP contribution in [0.3, 0.4) is 0 Å². The van der Waals surface area contributed by atoms with Crippen molar-refractivity contribution in [2.75, 3.05) is 0 Å². The van der Waals surface area contributed by atoms with E-state index in [9.17, 15) is 0 Å². The molecule has 0 N–H and O–H groups in total. The summed E-state index contributed by atoms with van der Waals surface area (Å²) in [6, 6.07) is 123. The third kappa shape index (κ3) is 8.21. The molecule has 0 aliphatic carbocycles. The Labute approximate surface area is 593 Å². The SMILES string of the molecule is c1ccc(-c2ccc(-n3c4ccccc4c4cc(-c5ccc6c(c5)c5ccccc5n6-c5nc6ccc(-c7ccc8c(c7)c7ccccc7n8-c7ccc(-c8ccc9c(c8)c8ccccc8n9-c8nc9ccccc9c9nc%10ccccc%10n89)cc7)cc6c6nc7ccccc7n56)ccc43)cc2)cc1. The largest absolute Gasteiger partial charge is 0.309 e. The Bertz CT molecular complexity index is 7590. The zero-order valence-electron chi connectivity index (χ0n) is 55.8. The summed E-state index contributed by atoms with van der Waals surface area (Å²) >= 11 is 0. The zero-order valence-corrected chi connectivity index (χ0v) is 55.8. The molecule has 8 aromatic heterocycles. The lowest BCUT2D eigenvalue weighted by Gasteiger charge is -2.14. The second-order valence-corrected chi connectivity index (χ2v) is 27.4. The molecule has 0 atom stereocenters. The van der Waals surface area contributed by atoms with Crippen LogP contribution in [-0.2, 0) is 0 Å². The Hall–Kier alpha value is -14.2. The van der Waals surface area contributed by atoms with Crippen LogP contribution in [0, 0.1) is 0 Å². The summed E-state index contributed by atoms with van der Waals surface area (Å²) in [6.45, 7) is 0. The molecular formula is C94H56N10. The fraction of sp³-hybridized carbons (Fsp3) is 0. The molecule has 0 fully saturated rings. The highest BCUT2D eigenvalue weighted by Gasteiger charge is 2.25. The summed E-state index contributed by atoms with van der Waals surface area (Å²) in [6.07, 6.45) is 0. The van der Waals surface area contributed by atoms with Crippen LogP contribution < -0.4 is 0 Å². The van der Waals surface area contributed by atoms with Gasteiger partial charge in [0.2, 0.25) is 11.9 Å². The Morgan fingerprint density at radius 2 is 0.442 bits per heavy atom. The van der Waals surface area contributed by atoms with E-state index in [0.29, 0.717) is 0 Å². The van der Waals surface area contributed by atoms with Crippen molar-refractivity contribution in [3.63, 3.8) is 0 Å². The lowest BCUT2D eigenvalue weighted by Crippen LogP contribution is -2.06. The van der Waals surface area contributed by atoms with Gasteiger partial charge in [-0.05, 0) is 190 Å². The molecule has 0 saturated carbocycles. The first kappa shape index (κ1) is 56.6. The van der Waals surface area contributed by atoms with Crippen LogP contribution in [0.4, 0.5) is 0 Å². The average Bonchev–Trinajstić information content (AvgIpc) is 1.56. The molecule has 0 radical (unpaired) electrons. The molecule has 0 aliphatic rings. The highest BCUT2D eigenvalue weighted by Crippen LogP contribution is 2.43. The topological polar surface area (TPSA) is 80.1 Å². The van der Waals surface area contributed by atoms with Crippen molar-refractivity contribution in [3.8, 4) is 67.8 Å². The molecule has 23 rings (SSSR count). The maximum absolute atomic E-state index is 5.68. The number of nitrogens with zero attached hydrogens (tertiary/aromatic N) is 10. The van der Waals surface area contributed by atoms with Gasteiger partial charge in [-0.1, -0.05) is 194 Å². The van der Waals surface area contributed by atoms with Crippen molar-refractivity contribution in [2.45, 2.75) is 0 Å². The van der Waals surface area contributed by atoms with Gasteiger partial charge in [-0.25, -0.2) is 19.9 Å². The van der Waals surface area contributed by atoms with Crippen molar-refractivity contribution in [3.05, 3.63) is 340 Å². The smallest absolute Gasteiger partial charge is 0.221 e. The predicted octanol–water partition coefficient (Wildman–Crippen LogP) is 23.4. The highest BCUT2D eigenvalue weighted by atomic mass is 15.2. The fourth-order valence-electron chi connectivity index (χ4n) is 17.0. The summed E-state index contributed by atoms with van der Waals surface area (Å²) in [7, 11) is 0. The highest BCUT2D eigenvalue weighted by molar-refractivity contribution is 6.15. The minimum atomic E-state index is 0.784. The Morgan fingerprint density at radius 3 is 0.885 bits per heavy atom. The minimum absolute atomic E-state index is 0.784. The van der Waals surface area contributed by atoms with Crippen LogP contribution in [0.15, 0.2) is 340 Å². The van der Waals surface area contributed by atoms with E-state index in [1.807, 2.05) is 6.07 Å². The molecule has 0 saturated heterocycles. The first-order valence-electron chi connectivity index (χ1n) is 35.3. The molecule has 482 valence electrons. The third-order valence-electron chi connectivity index (χ3n) is 21.8. The van der Waals surface area contributed by atoms with E-state index in [4.69, 9.17) is 19.9 Å². The van der Waals surface area contributed by atoms with Crippen molar-refractivity contribution in [1.82, 2.24) is 47.0 Å². The quantitative estimate of drug-likeness (QED) is 0.152. The Morgan fingerprint density at radius 1 is 0.163 bits per heavy atom. The van der Waals surface area contributed by atoms with Crippen LogP contribution in [0.25, 0.3) is 210 Å². The Balaban J connectivity index is 0.603. The van der Waals surface area contributed by atoms with Gasteiger partial charge in [0.1, 0.15) is 11.3 Å². The molecule has 10 heteroatoms. The van der Waals surface area contributed by atoms with Crippen LogP contribution in [0.5, 0.6) is 0 Å². The van der Waals surface area contributed by atoms with Crippen molar-refractivity contribution in [2.24, 2.45) is 0 Å². The van der Waals surface area contributed by atoms with Gasteiger partial charge in [-0.15, -0.1) is 0 Å². The average molecular weight is 1330 g/mol. The minimum Gasteiger partial charge on any atom is -0.309 e. The van der Waals surface area contributed by atoms with Crippen molar-refractivity contribution >= 4 is 142 Å². The van der Waals surface area contributed by atoms with Gasteiger partial charge < -0.3 is 9.13 Å². The molecule has 0 aliphatic heterocycles. The summed E-state index contributed by atoms with van der Waals surface area (Å²) < 4.78 is 13.9. The number of aromatic nitrogens is 10. The van der Waals surface area contributed by atoms with E-state index in [0.717, 1.165) is 166 Å². The maximum Gasteiger partial charge on any atom is 0.221 e. The van der Waals surface area contributed by atoms with Crippen LogP contribution in [0.2, 0.25) is 0 Å². The van der Waals surface area contributed by atoms with Crippen LogP contribution in [-0.4, -0.2) is 47.0 Å². The number of benzene rings is 15. The summed E-state index contributed by atoms with van der Waals surface area (Å²) in [4.78, 5) is 21.7. The number of para-hydroxylation sites is 9. The van der Waals surface area contributed by atoms with Gasteiger partial charge in [-0.3, -0.25) is 17.9 Å². The molecule has 8 heterocycles. The molecule has 23 aromatic rings. The van der Waals surface area contributed by atoms with Gasteiger partial charge in [0.25, 0.3) is 0 Å². The molecule has 0 spiro atoms. The van der Waals surface area contributed by atoms with E-state index in [1.165, 1.54) is 43.7 Å². The zero-order chi connectivity index (χ0) is 67.8. The second-order valence-electron chi connectivity index (χ2n) is 27.4. The summed E-state index contributed by atoms with van der Waals surface area (Å²) in [5.41, 5.74) is 27.7. The monoisotopic (exact) mass is 1320 g/mol. The number of imidazole rings is 2. The van der Waals surface area contributed by atoms with Crippen molar-refractivity contribution < 1.29 is 0 Å². The molecular weight excluding hydrogens is 1270 g/mol. The number of rotatable bonds is 8. The molecule has 10 nitrogen and oxygen atoms in total. The third-order valence-corrected chi connectivity index (χ3v) is 21.8. The first-order chi connectivity index (χ1) is 51.6. The second kappa shape index (κ2) is 21.6. The standard InChI is InChI=1S/C94H56N10/c1-2-18-57(19-3-1)58-34-43-65(44-35-58)99-81-28-12-6-21-68(81)73-54-63(41-49-86(73)99)64-42-51-88-75(55-64)70-23-8-15-31-84(70)102(88)94-98-78-47-38-61(56-76(78)92-96-80-27-11-17-33-90(80)104(92)94)62-40-48-85-72(53-62)67-20-5-13-29-82(67)100(85)66-45-36-59(37-46-66)60-39-50-87-74(52-60)69-22-7-14-30-83(69)101(87)93-97-77-25-9-4-24-71(77)91-95-79-26-10-16-32-89(79)103(91)93/h1-56H. The normalized spacial score (nSPS) is 12.2. The van der Waals surface area contributed by atoms with Gasteiger partial charge in [0, 0.05) is 65.2 Å². The van der Waals surface area contributed by atoms with E-state index < -0.39 is 0 Å². The van der Waals surface area contributed by atoms with Gasteiger partial charge in [-0.2, -0.15) is 0 Å². The summed E-state index contributed by atoms with van der Waals surface area (Å²) in [5, 5.41) is 11.4. The van der Waals surface area contributed by atoms with Crippen LogP contribution >= 0.6 is 0 Å².